The third-order valence-electron chi connectivity index (χ3n) is 5.54. The van der Waals surface area contributed by atoms with Crippen LogP contribution in [0.25, 0.3) is 0 Å². The molecule has 4 aromatic rings. The van der Waals surface area contributed by atoms with Gasteiger partial charge in [0.15, 0.2) is 5.75 Å². The molecule has 3 N–H and O–H groups in total. The quantitative estimate of drug-likeness (QED) is 0.320. The number of hydrogen-bond acceptors (Lipinski definition) is 5. The van der Waals surface area contributed by atoms with Crippen LogP contribution in [0.2, 0.25) is 0 Å². The molecule has 0 amide bonds. The Labute approximate surface area is 187 Å². The Hall–Kier alpha value is -4.12. The number of anilines is 3. The van der Waals surface area contributed by atoms with E-state index in [1.807, 2.05) is 62.1 Å². The van der Waals surface area contributed by atoms with E-state index in [1.165, 1.54) is 0 Å². The molecule has 5 heteroatoms. The molecular weight excluding hydrogens is 402 g/mol. The van der Waals surface area contributed by atoms with Crippen molar-refractivity contribution in [3.63, 3.8) is 0 Å². The number of aromatic hydroxyl groups is 3. The highest BCUT2D eigenvalue weighted by Gasteiger charge is 2.22. The molecule has 32 heavy (non-hydrogen) atoms. The molecule has 0 atom stereocenters. The van der Waals surface area contributed by atoms with Crippen molar-refractivity contribution >= 4 is 17.1 Å². The summed E-state index contributed by atoms with van der Waals surface area (Å²) in [5.41, 5.74) is 4.37. The lowest BCUT2D eigenvalue weighted by Gasteiger charge is -2.30. The van der Waals surface area contributed by atoms with Gasteiger partial charge in [-0.05, 0) is 80.9 Å². The van der Waals surface area contributed by atoms with Crippen LogP contribution in [0.4, 0.5) is 17.1 Å². The first-order chi connectivity index (χ1) is 15.4. The van der Waals surface area contributed by atoms with Crippen molar-refractivity contribution < 1.29 is 20.1 Å². The van der Waals surface area contributed by atoms with Crippen LogP contribution in [-0.4, -0.2) is 15.3 Å². The Morgan fingerprint density at radius 3 is 1.75 bits per heavy atom. The molecule has 162 valence electrons. The summed E-state index contributed by atoms with van der Waals surface area (Å²) in [6.45, 7) is 5.51. The largest absolute Gasteiger partial charge is 0.508 e. The van der Waals surface area contributed by atoms with Crippen LogP contribution in [0.15, 0.2) is 78.9 Å². The monoisotopic (exact) mass is 427 g/mol. The van der Waals surface area contributed by atoms with Crippen molar-refractivity contribution in [2.45, 2.75) is 20.8 Å². The fourth-order valence-corrected chi connectivity index (χ4v) is 3.64. The second-order valence-electron chi connectivity index (χ2n) is 7.70. The van der Waals surface area contributed by atoms with Crippen molar-refractivity contribution in [1.82, 2.24) is 0 Å². The third kappa shape index (κ3) is 3.93. The maximum atomic E-state index is 10.4. The highest BCUT2D eigenvalue weighted by Crippen LogP contribution is 2.46. The average Bonchev–Trinajstić information content (AvgIpc) is 2.78. The Morgan fingerprint density at radius 1 is 0.594 bits per heavy atom. The van der Waals surface area contributed by atoms with E-state index in [1.54, 1.807) is 42.5 Å². The molecule has 0 fully saturated rings. The van der Waals surface area contributed by atoms with Crippen molar-refractivity contribution in [2.75, 3.05) is 4.90 Å². The molecule has 0 spiro atoms. The maximum Gasteiger partial charge on any atom is 0.151 e. The molecule has 4 rings (SSSR count). The zero-order chi connectivity index (χ0) is 22.8. The topological polar surface area (TPSA) is 73.2 Å². The van der Waals surface area contributed by atoms with Gasteiger partial charge in [-0.2, -0.15) is 0 Å². The van der Waals surface area contributed by atoms with Gasteiger partial charge < -0.3 is 25.0 Å². The summed E-state index contributed by atoms with van der Waals surface area (Å²) >= 11 is 0. The minimum absolute atomic E-state index is 0.179. The zero-order valence-corrected chi connectivity index (χ0v) is 18.2. The van der Waals surface area contributed by atoms with Crippen LogP contribution in [0.5, 0.6) is 28.7 Å². The molecule has 0 radical (unpaired) electrons. The predicted octanol–water partition coefficient (Wildman–Crippen LogP) is 6.99. The second-order valence-corrected chi connectivity index (χ2v) is 7.70. The first kappa shape index (κ1) is 21.1. The summed E-state index contributed by atoms with van der Waals surface area (Å²) in [5.74, 6) is 1.74. The van der Waals surface area contributed by atoms with Crippen LogP contribution < -0.4 is 9.64 Å². The van der Waals surface area contributed by atoms with Gasteiger partial charge in [0.05, 0.1) is 17.1 Å². The second kappa shape index (κ2) is 8.55. The minimum Gasteiger partial charge on any atom is -0.508 e. The summed E-state index contributed by atoms with van der Waals surface area (Å²) in [4.78, 5) is 1.96. The molecule has 0 aliphatic carbocycles. The van der Waals surface area contributed by atoms with E-state index >= 15 is 0 Å². The van der Waals surface area contributed by atoms with Crippen molar-refractivity contribution in [3.05, 3.63) is 95.6 Å². The zero-order valence-electron chi connectivity index (χ0n) is 18.2. The molecule has 0 aromatic heterocycles. The van der Waals surface area contributed by atoms with Gasteiger partial charge in [0.25, 0.3) is 0 Å². The third-order valence-corrected chi connectivity index (χ3v) is 5.54. The predicted molar refractivity (Wildman–Crippen MR) is 127 cm³/mol. The highest BCUT2D eigenvalue weighted by molar-refractivity contribution is 5.84. The first-order valence-electron chi connectivity index (χ1n) is 10.3. The first-order valence-corrected chi connectivity index (χ1v) is 10.3. The number of para-hydroxylation sites is 2. The van der Waals surface area contributed by atoms with E-state index in [9.17, 15) is 15.3 Å². The van der Waals surface area contributed by atoms with Gasteiger partial charge >= 0.3 is 0 Å². The van der Waals surface area contributed by atoms with E-state index in [0.717, 1.165) is 17.1 Å². The van der Waals surface area contributed by atoms with Crippen molar-refractivity contribution in [3.8, 4) is 28.7 Å². The molecule has 0 saturated heterocycles. The molecule has 0 heterocycles. The summed E-state index contributed by atoms with van der Waals surface area (Å²) in [6, 6.07) is 23.4. The number of aryl methyl sites for hydroxylation is 1. The SMILES string of the molecule is Cc1cc(Oc2ccccc2N(c2cccc(O)c2C)c2cccc(O)c2C)ccc1O. The Balaban J connectivity index is 1.92. The summed E-state index contributed by atoms with van der Waals surface area (Å²) in [7, 11) is 0. The molecule has 0 unspecified atom stereocenters. The molecule has 4 aromatic carbocycles. The van der Waals surface area contributed by atoms with Crippen LogP contribution in [-0.2, 0) is 0 Å². The number of hydrogen-bond donors (Lipinski definition) is 3. The number of rotatable bonds is 5. The summed E-state index contributed by atoms with van der Waals surface area (Å²) in [6.07, 6.45) is 0. The van der Waals surface area contributed by atoms with E-state index in [2.05, 4.69) is 0 Å². The standard InChI is InChI=1S/C27H25NO4/c1-17-16-20(14-15-24(17)29)32-27-13-5-4-8-23(27)28(21-9-6-11-25(30)18(21)2)22-10-7-12-26(31)19(22)3/h4-16,29-31H,1-3H3. The van der Waals surface area contributed by atoms with Crippen LogP contribution in [0, 0.1) is 20.8 Å². The fraction of sp³-hybridized carbons (Fsp3) is 0.111. The number of phenols is 3. The average molecular weight is 428 g/mol. The molecule has 0 aliphatic rings. The maximum absolute atomic E-state index is 10.4. The van der Waals surface area contributed by atoms with Gasteiger partial charge in [0.2, 0.25) is 0 Å². The van der Waals surface area contributed by atoms with Gasteiger partial charge in [-0.15, -0.1) is 0 Å². The Kier molecular flexibility index (Phi) is 5.65. The summed E-state index contributed by atoms with van der Waals surface area (Å²) in [5, 5.41) is 30.6. The highest BCUT2D eigenvalue weighted by atomic mass is 16.5. The van der Waals surface area contributed by atoms with E-state index in [-0.39, 0.29) is 17.2 Å². The van der Waals surface area contributed by atoms with Crippen LogP contribution in [0.3, 0.4) is 0 Å². The lowest BCUT2D eigenvalue weighted by molar-refractivity contribution is 0.461. The Bertz CT molecular complexity index is 1230. The van der Waals surface area contributed by atoms with E-state index < -0.39 is 0 Å². The smallest absolute Gasteiger partial charge is 0.151 e. The van der Waals surface area contributed by atoms with E-state index in [4.69, 9.17) is 4.74 Å². The lowest BCUT2D eigenvalue weighted by atomic mass is 10.1. The number of nitrogens with zero attached hydrogens (tertiary/aromatic N) is 1. The van der Waals surface area contributed by atoms with Crippen molar-refractivity contribution in [1.29, 1.82) is 0 Å². The number of benzene rings is 4. The van der Waals surface area contributed by atoms with Gasteiger partial charge in [-0.1, -0.05) is 24.3 Å². The van der Waals surface area contributed by atoms with Crippen molar-refractivity contribution in [2.24, 2.45) is 0 Å². The normalized spacial score (nSPS) is 10.7. The van der Waals surface area contributed by atoms with Gasteiger partial charge in [-0.25, -0.2) is 0 Å². The number of phenolic OH excluding ortho intramolecular Hbond substituents is 3. The fourth-order valence-electron chi connectivity index (χ4n) is 3.64. The summed E-state index contributed by atoms with van der Waals surface area (Å²) < 4.78 is 6.23. The Morgan fingerprint density at radius 2 is 1.16 bits per heavy atom. The molecule has 5 nitrogen and oxygen atoms in total. The van der Waals surface area contributed by atoms with Crippen LogP contribution in [0.1, 0.15) is 16.7 Å². The van der Waals surface area contributed by atoms with Gasteiger partial charge in [0.1, 0.15) is 23.0 Å². The molecule has 0 aliphatic heterocycles. The molecule has 0 saturated carbocycles. The van der Waals surface area contributed by atoms with Crippen LogP contribution >= 0.6 is 0 Å². The number of ether oxygens (including phenoxy) is 1. The molecule has 0 bridgehead atoms. The van der Waals surface area contributed by atoms with Gasteiger partial charge in [-0.3, -0.25) is 0 Å². The lowest BCUT2D eigenvalue weighted by Crippen LogP contribution is -2.13. The van der Waals surface area contributed by atoms with E-state index in [0.29, 0.717) is 28.2 Å². The minimum atomic E-state index is 0.179. The van der Waals surface area contributed by atoms with Gasteiger partial charge in [0, 0.05) is 11.1 Å². The molecular formula is C27H25NO4.